The van der Waals surface area contributed by atoms with Gasteiger partial charge >= 0.3 is 0 Å². The number of phenolic OH excluding ortho intramolecular Hbond substituents is 1. The molecule has 0 unspecified atom stereocenters. The van der Waals surface area contributed by atoms with Crippen molar-refractivity contribution in [1.82, 2.24) is 9.78 Å². The number of aromatic nitrogens is 2. The van der Waals surface area contributed by atoms with E-state index in [9.17, 15) is 5.11 Å². The monoisotopic (exact) mass is 269 g/mol. The number of halogens is 1. The van der Waals surface area contributed by atoms with Gasteiger partial charge in [-0.2, -0.15) is 5.10 Å². The number of methoxy groups -OCH3 is 1. The van der Waals surface area contributed by atoms with Crippen molar-refractivity contribution in [1.29, 1.82) is 0 Å². The highest BCUT2D eigenvalue weighted by Gasteiger charge is 2.09. The van der Waals surface area contributed by atoms with Crippen molar-refractivity contribution < 1.29 is 9.84 Å². The van der Waals surface area contributed by atoms with Crippen molar-refractivity contribution in [2.75, 3.05) is 13.7 Å². The molecule has 0 amide bonds. The Morgan fingerprint density at radius 2 is 2.22 bits per heavy atom. The van der Waals surface area contributed by atoms with Gasteiger partial charge in [-0.05, 0) is 18.2 Å². The zero-order valence-electron chi connectivity index (χ0n) is 10.0. The van der Waals surface area contributed by atoms with E-state index in [-0.39, 0.29) is 18.2 Å². The van der Waals surface area contributed by atoms with Crippen LogP contribution in [0.15, 0.2) is 30.6 Å². The largest absolute Gasteiger partial charge is 0.508 e. The highest BCUT2D eigenvalue weighted by atomic mass is 35.5. The maximum absolute atomic E-state index is 9.50. The van der Waals surface area contributed by atoms with Gasteiger partial charge in [0.05, 0.1) is 19.9 Å². The van der Waals surface area contributed by atoms with Gasteiger partial charge in [0.1, 0.15) is 11.5 Å². The third-order valence-corrected chi connectivity index (χ3v) is 2.49. The van der Waals surface area contributed by atoms with Crippen molar-refractivity contribution in [3.63, 3.8) is 0 Å². The predicted octanol–water partition coefficient (Wildman–Crippen LogP) is 1.64. The number of hydrogen-bond acceptors (Lipinski definition) is 4. The summed E-state index contributed by atoms with van der Waals surface area (Å²) in [6.07, 6.45) is 3.61. The van der Waals surface area contributed by atoms with E-state index in [0.29, 0.717) is 18.8 Å². The summed E-state index contributed by atoms with van der Waals surface area (Å²) in [6, 6.07) is 4.97. The topological polar surface area (TPSA) is 73.3 Å². The highest BCUT2D eigenvalue weighted by molar-refractivity contribution is 5.85. The number of ether oxygens (including phenoxy) is 1. The van der Waals surface area contributed by atoms with Gasteiger partial charge in [0.15, 0.2) is 0 Å². The second-order valence-corrected chi connectivity index (χ2v) is 3.67. The fraction of sp³-hybridized carbons (Fsp3) is 0.250. The van der Waals surface area contributed by atoms with E-state index >= 15 is 0 Å². The Morgan fingerprint density at radius 3 is 2.89 bits per heavy atom. The minimum absolute atomic E-state index is 0. The quantitative estimate of drug-likeness (QED) is 0.885. The molecule has 0 bridgehead atoms. The molecule has 2 aromatic rings. The lowest BCUT2D eigenvalue weighted by Crippen LogP contribution is -2.09. The first-order valence-corrected chi connectivity index (χ1v) is 5.34. The van der Waals surface area contributed by atoms with Crippen LogP contribution in [0.1, 0.15) is 0 Å². The van der Waals surface area contributed by atoms with Gasteiger partial charge < -0.3 is 15.6 Å². The van der Waals surface area contributed by atoms with Crippen LogP contribution in [-0.2, 0) is 6.54 Å². The summed E-state index contributed by atoms with van der Waals surface area (Å²) in [4.78, 5) is 0. The van der Waals surface area contributed by atoms with Crippen LogP contribution < -0.4 is 10.5 Å². The first-order valence-electron chi connectivity index (χ1n) is 5.34. The van der Waals surface area contributed by atoms with E-state index in [0.717, 1.165) is 11.1 Å². The average molecular weight is 270 g/mol. The predicted molar refractivity (Wildman–Crippen MR) is 72.2 cm³/mol. The molecule has 2 rings (SSSR count). The van der Waals surface area contributed by atoms with Gasteiger partial charge in [0.2, 0.25) is 0 Å². The van der Waals surface area contributed by atoms with Gasteiger partial charge in [-0.25, -0.2) is 0 Å². The van der Waals surface area contributed by atoms with Crippen LogP contribution in [-0.4, -0.2) is 28.5 Å². The maximum atomic E-state index is 9.50. The van der Waals surface area contributed by atoms with E-state index in [1.54, 1.807) is 36.2 Å². The zero-order chi connectivity index (χ0) is 12.3. The van der Waals surface area contributed by atoms with Crippen molar-refractivity contribution >= 4 is 12.4 Å². The highest BCUT2D eigenvalue weighted by Crippen LogP contribution is 2.32. The normalized spacial score (nSPS) is 9.89. The van der Waals surface area contributed by atoms with Crippen LogP contribution in [0.3, 0.4) is 0 Å². The number of nitrogens with two attached hydrogens (primary N) is 1. The molecule has 0 aliphatic carbocycles. The van der Waals surface area contributed by atoms with Gasteiger partial charge in [0.25, 0.3) is 0 Å². The second-order valence-electron chi connectivity index (χ2n) is 3.67. The van der Waals surface area contributed by atoms with Crippen LogP contribution in [0.5, 0.6) is 11.5 Å². The summed E-state index contributed by atoms with van der Waals surface area (Å²) in [7, 11) is 1.60. The number of aromatic hydroxyl groups is 1. The number of rotatable bonds is 4. The SMILES string of the molecule is COc1ccc(O)cc1-c1cnn(CCN)c1.Cl. The van der Waals surface area contributed by atoms with Gasteiger partial charge in [-0.15, -0.1) is 12.4 Å². The minimum atomic E-state index is 0. The van der Waals surface area contributed by atoms with Crippen molar-refractivity contribution in [3.05, 3.63) is 30.6 Å². The zero-order valence-corrected chi connectivity index (χ0v) is 10.9. The molecule has 0 saturated carbocycles. The average Bonchev–Trinajstić information content (AvgIpc) is 2.78. The second kappa shape index (κ2) is 6.28. The van der Waals surface area contributed by atoms with Crippen LogP contribution >= 0.6 is 12.4 Å². The van der Waals surface area contributed by atoms with Gasteiger partial charge in [-0.1, -0.05) is 0 Å². The maximum Gasteiger partial charge on any atom is 0.127 e. The molecule has 0 aliphatic heterocycles. The molecule has 1 aromatic heterocycles. The molecule has 0 fully saturated rings. The third-order valence-electron chi connectivity index (χ3n) is 2.49. The summed E-state index contributed by atoms with van der Waals surface area (Å²) in [6.45, 7) is 1.21. The lowest BCUT2D eigenvalue weighted by atomic mass is 10.1. The summed E-state index contributed by atoms with van der Waals surface area (Å²) in [5.74, 6) is 0.905. The standard InChI is InChI=1S/C12H15N3O2.ClH/c1-17-12-3-2-10(16)6-11(12)9-7-14-15(8-9)5-4-13;/h2-3,6-8,16H,4-5,13H2,1H3;1H. The number of benzene rings is 1. The fourth-order valence-corrected chi connectivity index (χ4v) is 1.68. The number of hydrogen-bond donors (Lipinski definition) is 2. The summed E-state index contributed by atoms with van der Waals surface area (Å²) < 4.78 is 7.01. The van der Waals surface area contributed by atoms with Crippen LogP contribution in [0.4, 0.5) is 0 Å². The Morgan fingerprint density at radius 1 is 1.44 bits per heavy atom. The van der Waals surface area contributed by atoms with E-state index < -0.39 is 0 Å². The van der Waals surface area contributed by atoms with Crippen molar-refractivity contribution in [2.45, 2.75) is 6.54 Å². The van der Waals surface area contributed by atoms with E-state index in [2.05, 4.69) is 5.10 Å². The molecule has 1 heterocycles. The smallest absolute Gasteiger partial charge is 0.127 e. The molecule has 0 aliphatic rings. The molecule has 0 saturated heterocycles. The molecule has 0 radical (unpaired) electrons. The minimum Gasteiger partial charge on any atom is -0.508 e. The lowest BCUT2D eigenvalue weighted by molar-refractivity contribution is 0.414. The molecule has 1 aromatic carbocycles. The molecule has 98 valence electrons. The van der Waals surface area contributed by atoms with Crippen LogP contribution in [0.25, 0.3) is 11.1 Å². The fourth-order valence-electron chi connectivity index (χ4n) is 1.68. The Bertz CT molecular complexity index is 514. The molecule has 0 spiro atoms. The van der Waals surface area contributed by atoms with Crippen LogP contribution in [0, 0.1) is 0 Å². The number of phenols is 1. The Labute approximate surface area is 112 Å². The molecule has 6 heteroatoms. The molecule has 18 heavy (non-hydrogen) atoms. The summed E-state index contributed by atoms with van der Waals surface area (Å²) in [5, 5.41) is 13.7. The molecular formula is C12H16ClN3O2. The van der Waals surface area contributed by atoms with Crippen LogP contribution in [0.2, 0.25) is 0 Å². The molecule has 3 N–H and O–H groups in total. The Balaban J connectivity index is 0.00000162. The third kappa shape index (κ3) is 2.94. The first-order chi connectivity index (χ1) is 8.24. The van der Waals surface area contributed by atoms with Gasteiger partial charge in [0, 0.05) is 23.9 Å². The Hall–Kier alpha value is -1.72. The molecule has 0 atom stereocenters. The van der Waals surface area contributed by atoms with Gasteiger partial charge in [-0.3, -0.25) is 4.68 Å². The number of nitrogens with zero attached hydrogens (tertiary/aromatic N) is 2. The lowest BCUT2D eigenvalue weighted by Gasteiger charge is -2.06. The molecule has 5 nitrogen and oxygen atoms in total. The Kier molecular flexibility index (Phi) is 5.00. The van der Waals surface area contributed by atoms with E-state index in [1.165, 1.54) is 0 Å². The summed E-state index contributed by atoms with van der Waals surface area (Å²) in [5.41, 5.74) is 7.17. The summed E-state index contributed by atoms with van der Waals surface area (Å²) >= 11 is 0. The van der Waals surface area contributed by atoms with E-state index in [1.807, 2.05) is 6.20 Å². The van der Waals surface area contributed by atoms with E-state index in [4.69, 9.17) is 10.5 Å². The van der Waals surface area contributed by atoms with Crippen molar-refractivity contribution in [3.8, 4) is 22.6 Å². The van der Waals surface area contributed by atoms with Crippen molar-refractivity contribution in [2.24, 2.45) is 5.73 Å². The molecular weight excluding hydrogens is 254 g/mol. The first kappa shape index (κ1) is 14.3.